The fourth-order valence-electron chi connectivity index (χ4n) is 3.53. The molecule has 27 heavy (non-hydrogen) atoms. The number of nitrogens with zero attached hydrogens (tertiary/aromatic N) is 1. The van der Waals surface area contributed by atoms with Gasteiger partial charge in [-0.2, -0.15) is 0 Å². The van der Waals surface area contributed by atoms with Gasteiger partial charge in [-0.3, -0.25) is 0 Å². The highest BCUT2D eigenvalue weighted by Crippen LogP contribution is 2.25. The van der Waals surface area contributed by atoms with E-state index >= 15 is 0 Å². The molecule has 0 aromatic heterocycles. The first-order valence-electron chi connectivity index (χ1n) is 10.6. The zero-order valence-electron chi connectivity index (χ0n) is 17.9. The first-order chi connectivity index (χ1) is 12.4. The van der Waals surface area contributed by atoms with Crippen molar-refractivity contribution in [1.29, 1.82) is 0 Å². The van der Waals surface area contributed by atoms with E-state index < -0.39 is 6.10 Å². The molecule has 0 saturated carbocycles. The van der Waals surface area contributed by atoms with Gasteiger partial charge in [0.2, 0.25) is 0 Å². The molecule has 0 aliphatic heterocycles. The lowest BCUT2D eigenvalue weighted by Crippen LogP contribution is -3.00. The van der Waals surface area contributed by atoms with Crippen molar-refractivity contribution in [2.45, 2.75) is 90.2 Å². The zero-order valence-corrected chi connectivity index (χ0v) is 19.4. The van der Waals surface area contributed by atoms with Crippen molar-refractivity contribution in [3.8, 4) is 0 Å². The van der Waals surface area contributed by atoms with Crippen molar-refractivity contribution in [3.05, 3.63) is 34.9 Å². The fourth-order valence-corrected chi connectivity index (χ4v) is 3.66. The van der Waals surface area contributed by atoms with Crippen LogP contribution in [0.1, 0.15) is 89.7 Å². The largest absolute Gasteiger partial charge is 1.00 e. The van der Waals surface area contributed by atoms with Crippen LogP contribution in [-0.2, 0) is 0 Å². The van der Waals surface area contributed by atoms with Crippen LogP contribution in [0, 0.1) is 0 Å². The molecule has 1 aromatic rings. The van der Waals surface area contributed by atoms with Crippen molar-refractivity contribution in [2.75, 3.05) is 20.6 Å². The predicted octanol–water partition coefficient (Wildman–Crippen LogP) is 3.76. The highest BCUT2D eigenvalue weighted by atomic mass is 35.5. The van der Waals surface area contributed by atoms with Crippen LogP contribution in [-0.4, -0.2) is 36.3 Å². The molecule has 0 amide bonds. The number of quaternary nitrogens is 1. The molecule has 0 spiro atoms. The molecule has 1 N–H and O–H groups in total. The van der Waals surface area contributed by atoms with Crippen LogP contribution >= 0.6 is 11.6 Å². The van der Waals surface area contributed by atoms with Crippen molar-refractivity contribution in [1.82, 2.24) is 0 Å². The van der Waals surface area contributed by atoms with Crippen molar-refractivity contribution in [3.63, 3.8) is 0 Å². The number of benzene rings is 1. The van der Waals surface area contributed by atoms with Gasteiger partial charge < -0.3 is 22.0 Å². The van der Waals surface area contributed by atoms with Crippen molar-refractivity contribution >= 4 is 11.6 Å². The molecule has 158 valence electrons. The van der Waals surface area contributed by atoms with E-state index in [1.54, 1.807) is 0 Å². The van der Waals surface area contributed by atoms with Gasteiger partial charge in [-0.1, -0.05) is 82.0 Å². The second kappa shape index (κ2) is 14.7. The van der Waals surface area contributed by atoms with E-state index in [0.717, 1.165) is 16.6 Å². The summed E-state index contributed by atoms with van der Waals surface area (Å²) in [4.78, 5) is 0. The smallest absolute Gasteiger partial charge is 0.130 e. The summed E-state index contributed by atoms with van der Waals surface area (Å²) >= 11 is 5.95. The number of unbranched alkanes of at least 4 members (excludes halogenated alkanes) is 9. The van der Waals surface area contributed by atoms with E-state index in [2.05, 4.69) is 27.9 Å². The topological polar surface area (TPSA) is 20.2 Å². The molecule has 0 aliphatic rings. The Kier molecular flexibility index (Phi) is 14.5. The van der Waals surface area contributed by atoms with E-state index in [1.165, 1.54) is 64.2 Å². The number of halogens is 2. The summed E-state index contributed by atoms with van der Waals surface area (Å²) < 4.78 is 0.848. The Balaban J connectivity index is 0.00000676. The molecule has 1 rings (SSSR count). The molecule has 1 aromatic carbocycles. The molecular weight excluding hydrogens is 377 g/mol. The summed E-state index contributed by atoms with van der Waals surface area (Å²) in [6.07, 6.45) is 13.2. The zero-order chi connectivity index (χ0) is 19.4. The third-order valence-corrected chi connectivity index (χ3v) is 6.11. The van der Waals surface area contributed by atoms with E-state index in [0.29, 0.717) is 5.02 Å². The molecule has 0 saturated heterocycles. The molecule has 0 bridgehead atoms. The van der Waals surface area contributed by atoms with E-state index in [4.69, 9.17) is 11.6 Å². The van der Waals surface area contributed by atoms with Crippen molar-refractivity contribution < 1.29 is 22.0 Å². The predicted molar refractivity (Wildman–Crippen MR) is 115 cm³/mol. The lowest BCUT2D eigenvalue weighted by Gasteiger charge is -2.38. The Labute approximate surface area is 179 Å². The SMILES string of the molecule is CCCCCCCCCCCC[N+](C)(C)C(C)C(O)c1ccc(Cl)cc1.[Cl-]. The minimum absolute atomic E-state index is 0. The number of rotatable bonds is 14. The summed E-state index contributed by atoms with van der Waals surface area (Å²) in [5.41, 5.74) is 0.955. The number of hydrogen-bond donors (Lipinski definition) is 1. The van der Waals surface area contributed by atoms with Gasteiger partial charge in [0.05, 0.1) is 20.6 Å². The average Bonchev–Trinajstić information content (AvgIpc) is 2.62. The van der Waals surface area contributed by atoms with Crippen LogP contribution < -0.4 is 12.4 Å². The summed E-state index contributed by atoms with van der Waals surface area (Å²) in [7, 11) is 4.47. The molecule has 0 aliphatic carbocycles. The first kappa shape index (κ1) is 26.7. The van der Waals surface area contributed by atoms with Crippen molar-refractivity contribution in [2.24, 2.45) is 0 Å². The summed E-state index contributed by atoms with van der Waals surface area (Å²) in [5.74, 6) is 0. The number of aliphatic hydroxyl groups excluding tert-OH is 1. The third kappa shape index (κ3) is 10.7. The monoisotopic (exact) mass is 417 g/mol. The number of hydrogen-bond acceptors (Lipinski definition) is 1. The maximum Gasteiger partial charge on any atom is 0.130 e. The van der Waals surface area contributed by atoms with Gasteiger partial charge in [-0.25, -0.2) is 0 Å². The van der Waals surface area contributed by atoms with E-state index in [9.17, 15) is 5.11 Å². The maximum atomic E-state index is 10.7. The average molecular weight is 418 g/mol. The molecule has 0 heterocycles. The normalized spacial score (nSPS) is 13.9. The van der Waals surface area contributed by atoms with Crippen LogP contribution in [0.4, 0.5) is 0 Å². The fraction of sp³-hybridized carbons (Fsp3) is 0.739. The Hall–Kier alpha value is -0.280. The highest BCUT2D eigenvalue weighted by molar-refractivity contribution is 6.30. The van der Waals surface area contributed by atoms with Gasteiger partial charge in [0.1, 0.15) is 12.1 Å². The second-order valence-corrected chi connectivity index (χ2v) is 8.86. The minimum Gasteiger partial charge on any atom is -1.00 e. The third-order valence-electron chi connectivity index (χ3n) is 5.86. The van der Waals surface area contributed by atoms with E-state index in [-0.39, 0.29) is 18.4 Å². The number of aliphatic hydroxyl groups is 1. The summed E-state index contributed by atoms with van der Waals surface area (Å²) in [6.45, 7) is 5.53. The van der Waals surface area contributed by atoms with Gasteiger partial charge in [0.25, 0.3) is 0 Å². The lowest BCUT2D eigenvalue weighted by atomic mass is 10.0. The lowest BCUT2D eigenvalue weighted by molar-refractivity contribution is -0.917. The van der Waals surface area contributed by atoms with E-state index in [1.807, 2.05) is 24.3 Å². The van der Waals surface area contributed by atoms with Crippen LogP contribution in [0.3, 0.4) is 0 Å². The molecular formula is C23H41Cl2NO. The van der Waals surface area contributed by atoms with Crippen LogP contribution in [0.5, 0.6) is 0 Å². The maximum absolute atomic E-state index is 10.7. The summed E-state index contributed by atoms with van der Waals surface area (Å²) in [6, 6.07) is 7.74. The second-order valence-electron chi connectivity index (χ2n) is 8.42. The summed E-state index contributed by atoms with van der Waals surface area (Å²) in [5, 5.41) is 11.4. The molecule has 2 atom stereocenters. The van der Waals surface area contributed by atoms with Gasteiger partial charge in [-0.15, -0.1) is 0 Å². The number of likely N-dealkylation sites (N-methyl/N-ethyl adjacent to an activating group) is 1. The van der Waals surface area contributed by atoms with Crippen LogP contribution in [0.2, 0.25) is 5.02 Å². The highest BCUT2D eigenvalue weighted by Gasteiger charge is 2.31. The Morgan fingerprint density at radius 2 is 1.30 bits per heavy atom. The van der Waals surface area contributed by atoms with Crippen LogP contribution in [0.25, 0.3) is 0 Å². The Bertz CT molecular complexity index is 476. The first-order valence-corrected chi connectivity index (χ1v) is 11.0. The molecule has 2 nitrogen and oxygen atoms in total. The van der Waals surface area contributed by atoms with Gasteiger partial charge >= 0.3 is 0 Å². The molecule has 0 fully saturated rings. The minimum atomic E-state index is -0.453. The van der Waals surface area contributed by atoms with Crippen LogP contribution in [0.15, 0.2) is 24.3 Å². The van der Waals surface area contributed by atoms with Gasteiger partial charge in [-0.05, 0) is 37.5 Å². The molecule has 4 heteroatoms. The standard InChI is InChI=1S/C23H41ClNO.ClH/c1-5-6-7-8-9-10-11-12-13-14-19-25(3,4)20(2)23(26)21-15-17-22(24)18-16-21;/h15-18,20,23,26H,5-14,19H2,1-4H3;1H/q+1;/p-1. The van der Waals surface area contributed by atoms with Gasteiger partial charge in [0.15, 0.2) is 0 Å². The Morgan fingerprint density at radius 1 is 0.852 bits per heavy atom. The van der Waals surface area contributed by atoms with Gasteiger partial charge in [0, 0.05) is 5.02 Å². The molecule has 2 unspecified atom stereocenters. The molecule has 0 radical (unpaired) electrons. The Morgan fingerprint density at radius 3 is 1.78 bits per heavy atom. The quantitative estimate of drug-likeness (QED) is 0.360.